The number of methoxy groups -OCH3 is 2. The summed E-state index contributed by atoms with van der Waals surface area (Å²) in [5.74, 6) is 0.839. The molecule has 5 heteroatoms. The van der Waals surface area contributed by atoms with Gasteiger partial charge in [0, 0.05) is 6.16 Å². The van der Waals surface area contributed by atoms with Crippen molar-refractivity contribution in [2.24, 2.45) is 0 Å². The quantitative estimate of drug-likeness (QED) is 0.265. The lowest BCUT2D eigenvalue weighted by atomic mass is 10.0. The van der Waals surface area contributed by atoms with Crippen LogP contribution in [0.1, 0.15) is 60.9 Å². The van der Waals surface area contributed by atoms with Crippen LogP contribution in [0.25, 0.3) is 0 Å². The normalized spacial score (nSPS) is 11.8. The van der Waals surface area contributed by atoms with Crippen LogP contribution in [0.3, 0.4) is 0 Å². The molecular weight excluding hydrogens is 383 g/mol. The van der Waals surface area contributed by atoms with Crippen LogP contribution in [0, 0.1) is 0 Å². The Hall–Kier alpha value is -2.06. The van der Waals surface area contributed by atoms with Gasteiger partial charge in [0.1, 0.15) is 24.9 Å². The molecule has 0 fully saturated rings. The van der Waals surface area contributed by atoms with Gasteiger partial charge in [-0.25, -0.2) is 0 Å². The van der Waals surface area contributed by atoms with Crippen LogP contribution in [-0.2, 0) is 11.0 Å². The Bertz CT molecular complexity index is 751. The van der Waals surface area contributed by atoms with Gasteiger partial charge >= 0.3 is 0 Å². The van der Waals surface area contributed by atoms with Gasteiger partial charge in [0.15, 0.2) is 0 Å². The smallest absolute Gasteiger partial charge is 0.225 e. The molecule has 158 valence electrons. The zero-order valence-electron chi connectivity index (χ0n) is 17.6. The first-order chi connectivity index (χ1) is 14.2. The molecule has 1 atom stereocenters. The lowest BCUT2D eigenvalue weighted by Crippen LogP contribution is -2.03. The van der Waals surface area contributed by atoms with Crippen LogP contribution in [0.5, 0.6) is 11.5 Å². The molecule has 0 aliphatic heterocycles. The molecule has 0 aromatic heterocycles. The topological polar surface area (TPSA) is 52.6 Å². The van der Waals surface area contributed by atoms with E-state index >= 15 is 0 Å². The van der Waals surface area contributed by atoms with Gasteiger partial charge in [0.25, 0.3) is 0 Å². The maximum atomic E-state index is 12.6. The first kappa shape index (κ1) is 23.2. The van der Waals surface area contributed by atoms with E-state index in [1.54, 1.807) is 18.2 Å². The third kappa shape index (κ3) is 7.70. The zero-order valence-corrected chi connectivity index (χ0v) is 18.6. The van der Waals surface area contributed by atoms with Crippen LogP contribution in [0.15, 0.2) is 48.5 Å². The molecular formula is C24H33O4P. The summed E-state index contributed by atoms with van der Waals surface area (Å²) in [6.07, 6.45) is 9.49. The molecule has 0 aliphatic carbocycles. The van der Waals surface area contributed by atoms with Crippen molar-refractivity contribution in [3.8, 4) is 11.5 Å². The van der Waals surface area contributed by atoms with E-state index in [0.29, 0.717) is 23.2 Å². The SMILES string of the molecule is COc1cccc(OC)c1C(=O)[PH](=O)CCCCCCCCCc1ccccc1. The second-order valence-corrected chi connectivity index (χ2v) is 9.05. The minimum atomic E-state index is -2.36. The second kappa shape index (κ2) is 13.2. The van der Waals surface area contributed by atoms with Crippen molar-refractivity contribution in [1.82, 2.24) is 0 Å². The van der Waals surface area contributed by atoms with Crippen molar-refractivity contribution >= 4 is 13.3 Å². The number of hydrogen-bond acceptors (Lipinski definition) is 4. The van der Waals surface area contributed by atoms with Gasteiger partial charge in [0.2, 0.25) is 5.52 Å². The molecule has 29 heavy (non-hydrogen) atoms. The highest BCUT2D eigenvalue weighted by molar-refractivity contribution is 7.64. The van der Waals surface area contributed by atoms with E-state index < -0.39 is 7.80 Å². The minimum Gasteiger partial charge on any atom is -0.496 e. The molecule has 0 heterocycles. The molecule has 2 aromatic carbocycles. The first-order valence-corrected chi connectivity index (χ1v) is 12.1. The Morgan fingerprint density at radius 2 is 1.31 bits per heavy atom. The van der Waals surface area contributed by atoms with Crippen molar-refractivity contribution < 1.29 is 18.8 Å². The molecule has 2 aromatic rings. The lowest BCUT2D eigenvalue weighted by molar-refractivity contribution is 0.107. The molecule has 2 rings (SSSR count). The summed E-state index contributed by atoms with van der Waals surface area (Å²) in [7, 11) is 0.641. The monoisotopic (exact) mass is 416 g/mol. The average molecular weight is 416 g/mol. The molecule has 0 saturated carbocycles. The Balaban J connectivity index is 1.62. The van der Waals surface area contributed by atoms with E-state index in [1.165, 1.54) is 45.5 Å². The van der Waals surface area contributed by atoms with Gasteiger partial charge in [-0.2, -0.15) is 0 Å². The largest absolute Gasteiger partial charge is 0.496 e. The van der Waals surface area contributed by atoms with Gasteiger partial charge in [0.05, 0.1) is 14.2 Å². The highest BCUT2D eigenvalue weighted by atomic mass is 31.1. The van der Waals surface area contributed by atoms with Crippen LogP contribution in [0.2, 0.25) is 0 Å². The maximum Gasteiger partial charge on any atom is 0.225 e. The fourth-order valence-electron chi connectivity index (χ4n) is 3.47. The number of hydrogen-bond donors (Lipinski definition) is 0. The summed E-state index contributed by atoms with van der Waals surface area (Å²) in [6.45, 7) is 0. The average Bonchev–Trinajstić information content (AvgIpc) is 2.77. The van der Waals surface area contributed by atoms with E-state index in [1.807, 2.05) is 0 Å². The molecule has 0 bridgehead atoms. The van der Waals surface area contributed by atoms with Crippen molar-refractivity contribution in [3.05, 3.63) is 59.7 Å². The Labute approximate surface area is 175 Å². The summed E-state index contributed by atoms with van der Waals surface area (Å²) in [5, 5.41) is 0. The number of carbonyl (C=O) groups excluding carboxylic acids is 1. The second-order valence-electron chi connectivity index (χ2n) is 7.25. The van der Waals surface area contributed by atoms with Crippen LogP contribution < -0.4 is 9.47 Å². The van der Waals surface area contributed by atoms with Crippen LogP contribution in [-0.4, -0.2) is 25.9 Å². The predicted molar refractivity (Wildman–Crippen MR) is 120 cm³/mol. The number of rotatable bonds is 14. The van der Waals surface area contributed by atoms with Gasteiger partial charge in [-0.15, -0.1) is 0 Å². The molecule has 0 N–H and O–H groups in total. The van der Waals surface area contributed by atoms with Crippen LogP contribution >= 0.6 is 7.80 Å². The van der Waals surface area contributed by atoms with Gasteiger partial charge in [-0.3, -0.25) is 4.79 Å². The number of aryl methyl sites for hydroxylation is 1. The molecule has 0 spiro atoms. The summed E-state index contributed by atoms with van der Waals surface area (Å²) in [6, 6.07) is 15.8. The van der Waals surface area contributed by atoms with Crippen molar-refractivity contribution in [1.29, 1.82) is 0 Å². The lowest BCUT2D eigenvalue weighted by Gasteiger charge is -2.11. The molecule has 0 amide bonds. The van der Waals surface area contributed by atoms with E-state index in [2.05, 4.69) is 30.3 Å². The number of unbranched alkanes of at least 4 members (excludes halogenated alkanes) is 6. The van der Waals surface area contributed by atoms with E-state index in [4.69, 9.17) is 9.47 Å². The van der Waals surface area contributed by atoms with E-state index in [0.717, 1.165) is 25.7 Å². The third-order valence-electron chi connectivity index (χ3n) is 5.12. The highest BCUT2D eigenvalue weighted by Gasteiger charge is 2.22. The Morgan fingerprint density at radius 3 is 1.90 bits per heavy atom. The number of benzene rings is 2. The van der Waals surface area contributed by atoms with E-state index in [-0.39, 0.29) is 5.52 Å². The van der Waals surface area contributed by atoms with Crippen molar-refractivity contribution in [3.63, 3.8) is 0 Å². The third-order valence-corrected chi connectivity index (χ3v) is 6.68. The maximum absolute atomic E-state index is 12.6. The number of ether oxygens (including phenoxy) is 2. The number of carbonyl (C=O) groups is 1. The van der Waals surface area contributed by atoms with E-state index in [9.17, 15) is 9.36 Å². The highest BCUT2D eigenvalue weighted by Crippen LogP contribution is 2.37. The Morgan fingerprint density at radius 1 is 0.759 bits per heavy atom. The summed E-state index contributed by atoms with van der Waals surface area (Å²) >= 11 is 0. The molecule has 1 unspecified atom stereocenters. The van der Waals surface area contributed by atoms with Gasteiger partial charge in [-0.05, 0) is 37.0 Å². The van der Waals surface area contributed by atoms with Crippen molar-refractivity contribution in [2.75, 3.05) is 20.4 Å². The zero-order chi connectivity index (χ0) is 20.9. The van der Waals surface area contributed by atoms with Crippen LogP contribution in [0.4, 0.5) is 0 Å². The van der Waals surface area contributed by atoms with Crippen molar-refractivity contribution in [2.45, 2.75) is 51.4 Å². The standard InChI is InChI=1S/C24H33O4P/c1-27-21-17-13-18-22(28-2)23(21)24(25)29(26)19-12-7-5-3-4-6-9-14-20-15-10-8-11-16-20/h8,10-11,13,15-18,29H,3-7,9,12,14,19H2,1-2H3. The predicted octanol–water partition coefficient (Wildman–Crippen LogP) is 6.38. The molecule has 4 nitrogen and oxygen atoms in total. The Kier molecular flexibility index (Phi) is 10.6. The fraction of sp³-hybridized carbons (Fsp3) is 0.458. The van der Waals surface area contributed by atoms with Gasteiger partial charge < -0.3 is 14.0 Å². The summed E-state index contributed by atoms with van der Waals surface area (Å²) in [5.41, 5.74) is 1.37. The molecule has 0 saturated heterocycles. The minimum absolute atomic E-state index is 0.305. The van der Waals surface area contributed by atoms with Gasteiger partial charge in [-0.1, -0.05) is 68.5 Å². The molecule has 0 aliphatic rings. The fourth-order valence-corrected chi connectivity index (χ4v) is 4.79. The summed E-state index contributed by atoms with van der Waals surface area (Å²) < 4.78 is 23.0. The molecule has 0 radical (unpaired) electrons. The summed E-state index contributed by atoms with van der Waals surface area (Å²) in [4.78, 5) is 12.6. The first-order valence-electron chi connectivity index (χ1n) is 10.5.